The van der Waals surface area contributed by atoms with Crippen molar-refractivity contribution < 1.29 is 4.42 Å². The van der Waals surface area contributed by atoms with Crippen molar-refractivity contribution in [2.24, 2.45) is 5.73 Å². The van der Waals surface area contributed by atoms with Crippen molar-refractivity contribution in [3.63, 3.8) is 0 Å². The highest BCUT2D eigenvalue weighted by molar-refractivity contribution is 5.05. The fourth-order valence-corrected chi connectivity index (χ4v) is 2.03. The van der Waals surface area contributed by atoms with Crippen LogP contribution in [0.25, 0.3) is 0 Å². The molecule has 1 saturated heterocycles. The zero-order chi connectivity index (χ0) is 9.97. The van der Waals surface area contributed by atoms with Crippen molar-refractivity contribution in [1.29, 1.82) is 0 Å². The van der Waals surface area contributed by atoms with Crippen molar-refractivity contribution in [2.45, 2.75) is 32.4 Å². The van der Waals surface area contributed by atoms with E-state index in [4.69, 9.17) is 10.2 Å². The van der Waals surface area contributed by atoms with E-state index in [0.717, 1.165) is 37.6 Å². The molecule has 3 nitrogen and oxygen atoms in total. The summed E-state index contributed by atoms with van der Waals surface area (Å²) in [7, 11) is 0. The van der Waals surface area contributed by atoms with Gasteiger partial charge in [0.25, 0.3) is 0 Å². The third-order valence-electron chi connectivity index (χ3n) is 2.72. The standard InChI is InChI=1S/C11H18N2O/c1-9-4-5-11(14-9)8-13-6-2-3-10(12)7-13/h4-5,10H,2-3,6-8,12H2,1H3. The second-order valence-corrected chi connectivity index (χ2v) is 4.15. The molecule has 1 aromatic rings. The van der Waals surface area contributed by atoms with Crippen LogP contribution in [0.15, 0.2) is 16.5 Å². The number of nitrogens with zero attached hydrogens (tertiary/aromatic N) is 1. The van der Waals surface area contributed by atoms with Crippen LogP contribution in [-0.4, -0.2) is 24.0 Å². The molecule has 1 aliphatic heterocycles. The van der Waals surface area contributed by atoms with Gasteiger partial charge in [0.1, 0.15) is 11.5 Å². The molecule has 1 atom stereocenters. The molecule has 14 heavy (non-hydrogen) atoms. The molecule has 2 rings (SSSR count). The normalized spacial score (nSPS) is 24.0. The summed E-state index contributed by atoms with van der Waals surface area (Å²) >= 11 is 0. The monoisotopic (exact) mass is 194 g/mol. The Balaban J connectivity index is 1.90. The molecule has 0 radical (unpaired) electrons. The Morgan fingerprint density at radius 1 is 1.57 bits per heavy atom. The first-order chi connectivity index (χ1) is 6.74. The lowest BCUT2D eigenvalue weighted by Crippen LogP contribution is -2.42. The average Bonchev–Trinajstić information content (AvgIpc) is 2.51. The average molecular weight is 194 g/mol. The highest BCUT2D eigenvalue weighted by Gasteiger charge is 2.17. The maximum Gasteiger partial charge on any atom is 0.118 e. The third kappa shape index (κ3) is 2.36. The minimum Gasteiger partial charge on any atom is -0.465 e. The maximum absolute atomic E-state index is 5.91. The van der Waals surface area contributed by atoms with Crippen molar-refractivity contribution in [1.82, 2.24) is 4.90 Å². The highest BCUT2D eigenvalue weighted by atomic mass is 16.3. The van der Waals surface area contributed by atoms with Gasteiger partial charge >= 0.3 is 0 Å². The number of hydrogen-bond donors (Lipinski definition) is 1. The van der Waals surface area contributed by atoms with Crippen LogP contribution in [-0.2, 0) is 6.54 Å². The zero-order valence-electron chi connectivity index (χ0n) is 8.70. The number of piperidine rings is 1. The summed E-state index contributed by atoms with van der Waals surface area (Å²) in [6.07, 6.45) is 2.37. The first-order valence-electron chi connectivity index (χ1n) is 5.27. The van der Waals surface area contributed by atoms with E-state index in [1.54, 1.807) is 0 Å². The molecular weight excluding hydrogens is 176 g/mol. The van der Waals surface area contributed by atoms with Gasteiger partial charge in [-0.3, -0.25) is 4.90 Å². The Labute approximate surface area is 84.9 Å². The maximum atomic E-state index is 5.91. The second kappa shape index (κ2) is 4.15. The summed E-state index contributed by atoms with van der Waals surface area (Å²) in [5.74, 6) is 2.04. The van der Waals surface area contributed by atoms with E-state index in [-0.39, 0.29) is 0 Å². The minimum absolute atomic E-state index is 0.347. The summed E-state index contributed by atoms with van der Waals surface area (Å²) in [5, 5.41) is 0. The van der Waals surface area contributed by atoms with E-state index in [1.807, 2.05) is 13.0 Å². The smallest absolute Gasteiger partial charge is 0.118 e. The molecule has 78 valence electrons. The lowest BCUT2D eigenvalue weighted by molar-refractivity contribution is 0.187. The van der Waals surface area contributed by atoms with Crippen LogP contribution >= 0.6 is 0 Å². The van der Waals surface area contributed by atoms with Crippen molar-refractivity contribution >= 4 is 0 Å². The van der Waals surface area contributed by atoms with E-state index in [0.29, 0.717) is 6.04 Å². The zero-order valence-corrected chi connectivity index (χ0v) is 8.70. The Hall–Kier alpha value is -0.800. The molecule has 0 spiro atoms. The molecule has 1 aromatic heterocycles. The van der Waals surface area contributed by atoms with Crippen LogP contribution in [0.5, 0.6) is 0 Å². The summed E-state index contributed by atoms with van der Waals surface area (Å²) in [4.78, 5) is 2.37. The Kier molecular flexibility index (Phi) is 2.89. The fraction of sp³-hybridized carbons (Fsp3) is 0.636. The van der Waals surface area contributed by atoms with E-state index in [1.165, 1.54) is 6.42 Å². The molecule has 0 saturated carbocycles. The molecule has 2 N–H and O–H groups in total. The van der Waals surface area contributed by atoms with Gasteiger partial charge in [0.05, 0.1) is 6.54 Å². The van der Waals surface area contributed by atoms with Crippen LogP contribution in [0, 0.1) is 6.92 Å². The first kappa shape index (κ1) is 9.74. The molecule has 2 heterocycles. The van der Waals surface area contributed by atoms with Crippen LogP contribution in [0.3, 0.4) is 0 Å². The van der Waals surface area contributed by atoms with Crippen LogP contribution in [0.1, 0.15) is 24.4 Å². The lowest BCUT2D eigenvalue weighted by atomic mass is 10.1. The summed E-state index contributed by atoms with van der Waals surface area (Å²) in [6.45, 7) is 5.03. The van der Waals surface area contributed by atoms with Gasteiger partial charge in [-0.2, -0.15) is 0 Å². The van der Waals surface area contributed by atoms with Crippen molar-refractivity contribution in [2.75, 3.05) is 13.1 Å². The van der Waals surface area contributed by atoms with E-state index in [2.05, 4.69) is 11.0 Å². The quantitative estimate of drug-likeness (QED) is 0.776. The van der Waals surface area contributed by atoms with E-state index in [9.17, 15) is 0 Å². The van der Waals surface area contributed by atoms with E-state index < -0.39 is 0 Å². The molecule has 3 heteroatoms. The largest absolute Gasteiger partial charge is 0.465 e. The van der Waals surface area contributed by atoms with Crippen LogP contribution in [0.4, 0.5) is 0 Å². The summed E-state index contributed by atoms with van der Waals surface area (Å²) in [6, 6.07) is 4.41. The predicted molar refractivity (Wildman–Crippen MR) is 55.9 cm³/mol. The number of nitrogens with two attached hydrogens (primary N) is 1. The van der Waals surface area contributed by atoms with Gasteiger partial charge in [0.15, 0.2) is 0 Å². The molecule has 0 aliphatic carbocycles. The molecule has 0 amide bonds. The van der Waals surface area contributed by atoms with Crippen molar-refractivity contribution in [3.8, 4) is 0 Å². The topological polar surface area (TPSA) is 42.4 Å². The van der Waals surface area contributed by atoms with Gasteiger partial charge in [-0.1, -0.05) is 0 Å². The van der Waals surface area contributed by atoms with Crippen LogP contribution in [0.2, 0.25) is 0 Å². The first-order valence-corrected chi connectivity index (χ1v) is 5.27. The number of furan rings is 1. The van der Waals surface area contributed by atoms with Gasteiger partial charge in [0, 0.05) is 12.6 Å². The third-order valence-corrected chi connectivity index (χ3v) is 2.72. The highest BCUT2D eigenvalue weighted by Crippen LogP contribution is 2.14. The molecule has 0 aromatic carbocycles. The Morgan fingerprint density at radius 2 is 2.43 bits per heavy atom. The minimum atomic E-state index is 0.347. The number of rotatable bonds is 2. The van der Waals surface area contributed by atoms with Gasteiger partial charge in [-0.25, -0.2) is 0 Å². The molecule has 1 aliphatic rings. The van der Waals surface area contributed by atoms with Gasteiger partial charge < -0.3 is 10.2 Å². The lowest BCUT2D eigenvalue weighted by Gasteiger charge is -2.29. The summed E-state index contributed by atoms with van der Waals surface area (Å²) in [5.41, 5.74) is 5.91. The molecule has 1 fully saturated rings. The molecular formula is C11H18N2O. The van der Waals surface area contributed by atoms with Crippen LogP contribution < -0.4 is 5.73 Å². The SMILES string of the molecule is Cc1ccc(CN2CCCC(N)C2)o1. The van der Waals surface area contributed by atoms with E-state index >= 15 is 0 Å². The number of likely N-dealkylation sites (tertiary alicyclic amines) is 1. The number of aryl methyl sites for hydroxylation is 1. The predicted octanol–water partition coefficient (Wildman–Crippen LogP) is 1.51. The number of hydrogen-bond acceptors (Lipinski definition) is 3. The Bertz CT molecular complexity index is 295. The van der Waals surface area contributed by atoms with Crippen molar-refractivity contribution in [3.05, 3.63) is 23.7 Å². The summed E-state index contributed by atoms with van der Waals surface area (Å²) < 4.78 is 5.54. The van der Waals surface area contributed by atoms with Gasteiger partial charge in [0.2, 0.25) is 0 Å². The second-order valence-electron chi connectivity index (χ2n) is 4.15. The molecule has 0 bridgehead atoms. The fourth-order valence-electron chi connectivity index (χ4n) is 2.03. The Morgan fingerprint density at radius 3 is 3.07 bits per heavy atom. The van der Waals surface area contributed by atoms with Gasteiger partial charge in [-0.15, -0.1) is 0 Å². The van der Waals surface area contributed by atoms with Gasteiger partial charge in [-0.05, 0) is 38.4 Å². The molecule has 1 unspecified atom stereocenters.